The summed E-state index contributed by atoms with van der Waals surface area (Å²) < 4.78 is 1.56. The number of allylic oxidation sites excluding steroid dienone is 6. The molecule has 2 aliphatic carbocycles. The maximum atomic E-state index is 2.38. The molecule has 2 bridgehead atoms. The minimum atomic E-state index is 0.559. The molecule has 0 amide bonds. The van der Waals surface area contributed by atoms with Crippen molar-refractivity contribution in [3.63, 3.8) is 0 Å². The third kappa shape index (κ3) is 2.18. The number of benzene rings is 1. The van der Waals surface area contributed by atoms with Crippen molar-refractivity contribution in [3.05, 3.63) is 66.3 Å². The third-order valence-electron chi connectivity index (χ3n) is 3.45. The molecule has 2 unspecified atom stereocenters. The van der Waals surface area contributed by atoms with Crippen LogP contribution in [-0.4, -0.2) is 15.0 Å². The van der Waals surface area contributed by atoms with Crippen LogP contribution in [0.5, 0.6) is 0 Å². The second-order valence-corrected chi connectivity index (χ2v) is 7.22. The fraction of sp³-hybridized carbons (Fsp3) is 0.250. The Balaban J connectivity index is 1.85. The van der Waals surface area contributed by atoms with Gasteiger partial charge in [0.25, 0.3) is 0 Å². The van der Waals surface area contributed by atoms with Crippen molar-refractivity contribution < 1.29 is 0 Å². The zero-order valence-electron chi connectivity index (χ0n) is 9.91. The molecular weight excluding hydrogens is 271 g/mol. The van der Waals surface area contributed by atoms with Crippen molar-refractivity contribution in [3.8, 4) is 0 Å². The van der Waals surface area contributed by atoms with E-state index in [2.05, 4.69) is 67.6 Å². The summed E-state index contributed by atoms with van der Waals surface area (Å²) in [6.07, 6.45) is 13.9. The molecule has 0 nitrogen and oxygen atoms in total. The molecule has 0 fully saturated rings. The molecule has 0 saturated heterocycles. The van der Waals surface area contributed by atoms with Crippen molar-refractivity contribution in [1.29, 1.82) is 0 Å². The van der Waals surface area contributed by atoms with E-state index in [1.807, 2.05) is 0 Å². The van der Waals surface area contributed by atoms with Gasteiger partial charge in [-0.15, -0.1) is 0 Å². The molecule has 3 rings (SSSR count). The standard InChI is InChI=1S/C16H16Se/c1-12-6-2-5-9-15(12)17-16-13-7-3-4-8-14(16)11-10-13/h2-11,13-14,16H,1H3. The van der Waals surface area contributed by atoms with Gasteiger partial charge in [0.2, 0.25) is 0 Å². The molecule has 0 N–H and O–H groups in total. The molecule has 2 atom stereocenters. The van der Waals surface area contributed by atoms with Crippen molar-refractivity contribution in [2.75, 3.05) is 0 Å². The summed E-state index contributed by atoms with van der Waals surface area (Å²) in [7, 11) is 0. The molecule has 0 aliphatic heterocycles. The second kappa shape index (κ2) is 4.68. The van der Waals surface area contributed by atoms with E-state index < -0.39 is 0 Å². The van der Waals surface area contributed by atoms with E-state index in [0.29, 0.717) is 26.8 Å². The molecule has 0 heterocycles. The van der Waals surface area contributed by atoms with E-state index in [-0.39, 0.29) is 0 Å². The molecule has 2 aliphatic rings. The first-order valence-electron chi connectivity index (χ1n) is 6.10. The Bertz CT molecular complexity index is 474. The van der Waals surface area contributed by atoms with Crippen LogP contribution in [0, 0.1) is 18.8 Å². The zero-order chi connectivity index (χ0) is 11.7. The Hall–Kier alpha value is -1.04. The van der Waals surface area contributed by atoms with Crippen LogP contribution in [0.2, 0.25) is 4.82 Å². The minimum absolute atomic E-state index is 0.559. The van der Waals surface area contributed by atoms with Gasteiger partial charge in [-0.25, -0.2) is 0 Å². The molecule has 1 aromatic carbocycles. The van der Waals surface area contributed by atoms with E-state index in [1.54, 1.807) is 4.46 Å². The zero-order valence-corrected chi connectivity index (χ0v) is 11.6. The van der Waals surface area contributed by atoms with Crippen LogP contribution in [0.1, 0.15) is 5.56 Å². The number of hydrogen-bond donors (Lipinski definition) is 0. The Morgan fingerprint density at radius 1 is 0.882 bits per heavy atom. The van der Waals surface area contributed by atoms with Gasteiger partial charge in [0.05, 0.1) is 0 Å². The van der Waals surface area contributed by atoms with Gasteiger partial charge in [0.1, 0.15) is 0 Å². The normalized spacial score (nSPS) is 29.6. The predicted molar refractivity (Wildman–Crippen MR) is 74.7 cm³/mol. The summed E-state index contributed by atoms with van der Waals surface area (Å²) in [6.45, 7) is 2.23. The SMILES string of the molecule is Cc1ccccc1[Se]C1C2C=CC=CC1C=C2. The summed E-state index contributed by atoms with van der Waals surface area (Å²) in [6, 6.07) is 8.83. The van der Waals surface area contributed by atoms with E-state index in [0.717, 1.165) is 4.82 Å². The van der Waals surface area contributed by atoms with Crippen molar-refractivity contribution in [2.24, 2.45) is 11.8 Å². The third-order valence-corrected chi connectivity index (χ3v) is 6.83. The molecule has 86 valence electrons. The Morgan fingerprint density at radius 2 is 1.53 bits per heavy atom. The van der Waals surface area contributed by atoms with Crippen LogP contribution in [0.3, 0.4) is 0 Å². The molecule has 0 saturated carbocycles. The Labute approximate surface area is 109 Å². The monoisotopic (exact) mass is 288 g/mol. The quantitative estimate of drug-likeness (QED) is 0.579. The van der Waals surface area contributed by atoms with E-state index in [9.17, 15) is 0 Å². The van der Waals surface area contributed by atoms with Gasteiger partial charge in [0, 0.05) is 0 Å². The van der Waals surface area contributed by atoms with Crippen LogP contribution in [0.4, 0.5) is 0 Å². The van der Waals surface area contributed by atoms with Gasteiger partial charge in [-0.2, -0.15) is 0 Å². The first-order chi connectivity index (χ1) is 8.34. The molecule has 0 aromatic heterocycles. The van der Waals surface area contributed by atoms with E-state index in [1.165, 1.54) is 5.56 Å². The molecule has 1 aromatic rings. The number of aryl methyl sites for hydroxylation is 1. The van der Waals surface area contributed by atoms with Crippen LogP contribution in [0.15, 0.2) is 60.7 Å². The molecule has 1 heteroatoms. The van der Waals surface area contributed by atoms with Gasteiger partial charge in [-0.1, -0.05) is 0 Å². The fourth-order valence-corrected chi connectivity index (χ4v) is 5.36. The van der Waals surface area contributed by atoms with Crippen LogP contribution in [0.25, 0.3) is 0 Å². The van der Waals surface area contributed by atoms with Gasteiger partial charge >= 0.3 is 109 Å². The maximum absolute atomic E-state index is 2.38. The molecule has 0 spiro atoms. The molecule has 0 radical (unpaired) electrons. The van der Waals surface area contributed by atoms with Gasteiger partial charge < -0.3 is 0 Å². The average Bonchev–Trinajstić information content (AvgIpc) is 2.56. The van der Waals surface area contributed by atoms with Gasteiger partial charge in [0.15, 0.2) is 0 Å². The number of fused-ring (bicyclic) bond motifs is 2. The van der Waals surface area contributed by atoms with Crippen molar-refractivity contribution >= 4 is 19.4 Å². The fourth-order valence-electron chi connectivity index (χ4n) is 2.46. The molecular formula is C16H16Se. The van der Waals surface area contributed by atoms with Crippen LogP contribution >= 0.6 is 0 Å². The summed E-state index contributed by atoms with van der Waals surface area (Å²) in [5, 5.41) is 0. The van der Waals surface area contributed by atoms with Crippen molar-refractivity contribution in [2.45, 2.75) is 11.7 Å². The summed E-state index contributed by atoms with van der Waals surface area (Å²) in [5.74, 6) is 1.30. The number of hydrogen-bond acceptors (Lipinski definition) is 0. The summed E-state index contributed by atoms with van der Waals surface area (Å²) >= 11 is 0.559. The van der Waals surface area contributed by atoms with E-state index in [4.69, 9.17) is 0 Å². The van der Waals surface area contributed by atoms with Crippen LogP contribution in [-0.2, 0) is 0 Å². The van der Waals surface area contributed by atoms with Gasteiger partial charge in [-0.05, 0) is 0 Å². The Kier molecular flexibility index (Phi) is 3.05. The second-order valence-electron chi connectivity index (χ2n) is 4.66. The Morgan fingerprint density at radius 3 is 2.18 bits per heavy atom. The van der Waals surface area contributed by atoms with Crippen LogP contribution < -0.4 is 4.46 Å². The summed E-state index contributed by atoms with van der Waals surface area (Å²) in [4.78, 5) is 0.776. The van der Waals surface area contributed by atoms with E-state index >= 15 is 0 Å². The molecule has 17 heavy (non-hydrogen) atoms. The summed E-state index contributed by atoms with van der Waals surface area (Å²) in [5.41, 5.74) is 1.45. The first kappa shape index (κ1) is 11.1. The average molecular weight is 287 g/mol. The predicted octanol–water partition coefficient (Wildman–Crippen LogP) is 3.04. The number of rotatable bonds is 2. The van der Waals surface area contributed by atoms with Crippen molar-refractivity contribution in [1.82, 2.24) is 0 Å². The first-order valence-corrected chi connectivity index (χ1v) is 7.95. The van der Waals surface area contributed by atoms with Gasteiger partial charge in [-0.3, -0.25) is 0 Å². The topological polar surface area (TPSA) is 0 Å².